The molecule has 0 unspecified atom stereocenters. The minimum absolute atomic E-state index is 0. The second-order valence-corrected chi connectivity index (χ2v) is 1.37. The van der Waals surface area contributed by atoms with Gasteiger partial charge in [-0.3, -0.25) is 4.79 Å². The van der Waals surface area contributed by atoms with Crippen LogP contribution in [-0.4, -0.2) is 63.1 Å². The zero-order valence-electron chi connectivity index (χ0n) is 4.51. The molecule has 0 amide bonds. The first kappa shape index (κ1) is 12.4. The molecule has 0 fully saturated rings. The predicted octanol–water partition coefficient (Wildman–Crippen LogP) is -1.27. The summed E-state index contributed by atoms with van der Waals surface area (Å²) in [6.45, 7) is 1.29. The molecule has 0 saturated carbocycles. The second kappa shape index (κ2) is 6.85. The summed E-state index contributed by atoms with van der Waals surface area (Å²) in [4.78, 5) is 23.8. The third-order valence-corrected chi connectivity index (χ3v) is 0.525. The average molecular weight is 157 g/mol. The number of carbonyl (C=O) groups is 2. The van der Waals surface area contributed by atoms with Crippen LogP contribution in [0.3, 0.4) is 0 Å². The maximum absolute atomic E-state index is 10.1. The molecule has 2 N–H and O–H groups in total. The number of ketones is 1. The Balaban J connectivity index is 0. The summed E-state index contributed by atoms with van der Waals surface area (Å²) in [5.74, 6) is 3.47. The van der Waals surface area contributed by atoms with Crippen LogP contribution < -0.4 is 5.90 Å². The molecule has 0 rings (SSSR count). The van der Waals surface area contributed by atoms with Gasteiger partial charge in [-0.15, -0.1) is 0 Å². The number of Topliss-reactive ketones (excluding diaryl/α,β-unsaturated/α-hetero) is 1. The molecule has 0 aliphatic rings. The van der Waals surface area contributed by atoms with E-state index >= 15 is 0 Å². The molecule has 0 radical (unpaired) electrons. The first-order valence-corrected chi connectivity index (χ1v) is 2.06. The van der Waals surface area contributed by atoms with Gasteiger partial charge in [0.2, 0.25) is 0 Å². The van der Waals surface area contributed by atoms with Crippen LogP contribution in [0.25, 0.3) is 0 Å². The number of hydrogen-bond donors (Lipinski definition) is 1. The Bertz CT molecular complexity index is 114. The van der Waals surface area contributed by atoms with E-state index in [1.807, 2.05) is 0 Å². The van der Waals surface area contributed by atoms with Crippen molar-refractivity contribution in [3.8, 4) is 0 Å². The molecule has 0 saturated heterocycles. The summed E-state index contributed by atoms with van der Waals surface area (Å²) in [6, 6.07) is 0. The summed E-state index contributed by atoms with van der Waals surface area (Å²) in [7, 11) is 0. The van der Waals surface area contributed by atoms with Crippen molar-refractivity contribution >= 4 is 63.1 Å². The molecule has 0 bridgehead atoms. The molecule has 0 aromatic heterocycles. The first-order valence-electron chi connectivity index (χ1n) is 2.06. The van der Waals surface area contributed by atoms with Crippen molar-refractivity contribution in [2.24, 2.45) is 5.90 Å². The number of hydrogen-bond acceptors (Lipinski definition) is 4. The van der Waals surface area contributed by atoms with Gasteiger partial charge in [-0.1, -0.05) is 0 Å². The Morgan fingerprint density at radius 2 is 2.00 bits per heavy atom. The van der Waals surface area contributed by atoms with Crippen molar-refractivity contribution in [1.82, 2.24) is 0 Å². The van der Waals surface area contributed by atoms with Crippen LogP contribution in [0.15, 0.2) is 0 Å². The fourth-order valence-electron chi connectivity index (χ4n) is 0.245. The Morgan fingerprint density at radius 3 is 2.11 bits per heavy atom. The van der Waals surface area contributed by atoms with E-state index in [1.165, 1.54) is 6.92 Å². The SMILES string of the molecule is CC(=O)CC(=O)ON.[KH]. The molecule has 0 aromatic rings. The Morgan fingerprint density at radius 1 is 1.56 bits per heavy atom. The summed E-state index contributed by atoms with van der Waals surface area (Å²) >= 11 is 0. The quantitative estimate of drug-likeness (QED) is 0.308. The van der Waals surface area contributed by atoms with Crippen LogP contribution in [0.5, 0.6) is 0 Å². The maximum atomic E-state index is 10.1. The van der Waals surface area contributed by atoms with Gasteiger partial charge in [0.15, 0.2) is 0 Å². The van der Waals surface area contributed by atoms with E-state index in [1.54, 1.807) is 0 Å². The normalized spacial score (nSPS) is 7.33. The van der Waals surface area contributed by atoms with Gasteiger partial charge in [0.25, 0.3) is 0 Å². The molecule has 0 heterocycles. The van der Waals surface area contributed by atoms with Crippen molar-refractivity contribution in [2.75, 3.05) is 0 Å². The van der Waals surface area contributed by atoms with E-state index in [0.29, 0.717) is 0 Å². The fraction of sp³-hybridized carbons (Fsp3) is 0.500. The third-order valence-electron chi connectivity index (χ3n) is 0.525. The van der Waals surface area contributed by atoms with Crippen LogP contribution in [0.4, 0.5) is 0 Å². The van der Waals surface area contributed by atoms with Gasteiger partial charge >= 0.3 is 57.4 Å². The monoisotopic (exact) mass is 157 g/mol. The van der Waals surface area contributed by atoms with Crippen molar-refractivity contribution < 1.29 is 14.4 Å². The molecule has 0 aliphatic carbocycles. The van der Waals surface area contributed by atoms with Crippen LogP contribution in [0, 0.1) is 0 Å². The van der Waals surface area contributed by atoms with E-state index in [-0.39, 0.29) is 63.6 Å². The average Bonchev–Trinajstić information content (AvgIpc) is 1.65. The van der Waals surface area contributed by atoms with E-state index in [9.17, 15) is 9.59 Å². The Hall–Kier alpha value is 0.736. The van der Waals surface area contributed by atoms with Gasteiger partial charge in [-0.2, -0.15) is 5.90 Å². The molecular formula is C4H8KNO3. The molecule has 0 aromatic carbocycles. The third kappa shape index (κ3) is 8.74. The van der Waals surface area contributed by atoms with E-state index in [4.69, 9.17) is 0 Å². The summed E-state index contributed by atoms with van der Waals surface area (Å²) < 4.78 is 0. The predicted molar refractivity (Wildman–Crippen MR) is 32.7 cm³/mol. The van der Waals surface area contributed by atoms with Crippen LogP contribution in [0.2, 0.25) is 0 Å². The van der Waals surface area contributed by atoms with Crippen molar-refractivity contribution in [3.63, 3.8) is 0 Å². The van der Waals surface area contributed by atoms with Gasteiger partial charge in [-0.25, -0.2) is 4.79 Å². The van der Waals surface area contributed by atoms with Crippen molar-refractivity contribution in [3.05, 3.63) is 0 Å². The summed E-state index contributed by atoms with van der Waals surface area (Å²) in [5.41, 5.74) is 0. The first-order chi connectivity index (χ1) is 3.66. The number of rotatable bonds is 2. The van der Waals surface area contributed by atoms with Crippen molar-refractivity contribution in [2.45, 2.75) is 13.3 Å². The molecule has 9 heavy (non-hydrogen) atoms. The Labute approximate surface area is 95.5 Å². The summed E-state index contributed by atoms with van der Waals surface area (Å²) in [6.07, 6.45) is -0.240. The number of nitrogens with two attached hydrogens (primary N) is 1. The van der Waals surface area contributed by atoms with Crippen LogP contribution >= 0.6 is 0 Å². The topological polar surface area (TPSA) is 69.4 Å². The van der Waals surface area contributed by atoms with Gasteiger partial charge < -0.3 is 4.84 Å². The van der Waals surface area contributed by atoms with E-state index in [0.717, 1.165) is 0 Å². The molecule has 0 spiro atoms. The molecule has 4 nitrogen and oxygen atoms in total. The zero-order valence-corrected chi connectivity index (χ0v) is 4.51. The fourth-order valence-corrected chi connectivity index (χ4v) is 0.245. The van der Waals surface area contributed by atoms with E-state index < -0.39 is 5.97 Å². The minimum atomic E-state index is -0.697. The zero-order chi connectivity index (χ0) is 6.57. The van der Waals surface area contributed by atoms with Crippen LogP contribution in [-0.2, 0) is 14.4 Å². The van der Waals surface area contributed by atoms with Gasteiger partial charge in [0.1, 0.15) is 12.2 Å². The molecule has 48 valence electrons. The van der Waals surface area contributed by atoms with E-state index in [2.05, 4.69) is 10.7 Å². The summed E-state index contributed by atoms with van der Waals surface area (Å²) in [5, 5.41) is 0. The molecular weight excluding hydrogens is 149 g/mol. The Kier molecular flexibility index (Phi) is 9.45. The molecule has 0 atom stereocenters. The number of carbonyl (C=O) groups excluding carboxylic acids is 2. The van der Waals surface area contributed by atoms with Crippen LogP contribution in [0.1, 0.15) is 13.3 Å². The van der Waals surface area contributed by atoms with Gasteiger partial charge in [0, 0.05) is 0 Å². The van der Waals surface area contributed by atoms with Gasteiger partial charge in [0.05, 0.1) is 0 Å². The van der Waals surface area contributed by atoms with Crippen molar-refractivity contribution in [1.29, 1.82) is 0 Å². The standard InChI is InChI=1S/C4H7NO3.K.H/c1-3(6)2-4(7)8-5;;/h2,5H2,1H3;;. The second-order valence-electron chi connectivity index (χ2n) is 1.37. The molecule has 0 aliphatic heterocycles. The van der Waals surface area contributed by atoms with Gasteiger partial charge in [-0.05, 0) is 6.92 Å². The molecule has 5 heteroatoms.